The number of hydrogen-bond donors (Lipinski definition) is 2. The molecule has 3 rings (SSSR count). The van der Waals surface area contributed by atoms with Gasteiger partial charge < -0.3 is 15.4 Å². The van der Waals surface area contributed by atoms with E-state index in [1.54, 1.807) is 31.4 Å². The molecule has 0 radical (unpaired) electrons. The van der Waals surface area contributed by atoms with Crippen LogP contribution in [0.15, 0.2) is 48.5 Å². The molecule has 0 saturated heterocycles. The molecular formula is C18H16Cl2N4O. The fourth-order valence-corrected chi connectivity index (χ4v) is 2.76. The topological polar surface area (TPSA) is 59.1 Å². The Bertz CT molecular complexity index is 864. The number of aromatic nitrogens is 2. The summed E-state index contributed by atoms with van der Waals surface area (Å²) in [5.74, 6) is 2.66. The minimum absolute atomic E-state index is 0.522. The van der Waals surface area contributed by atoms with Gasteiger partial charge in [0.05, 0.1) is 22.8 Å². The second-order valence-electron chi connectivity index (χ2n) is 5.26. The Hall–Kier alpha value is -2.50. The summed E-state index contributed by atoms with van der Waals surface area (Å²) in [4.78, 5) is 8.78. The third-order valence-corrected chi connectivity index (χ3v) is 4.05. The van der Waals surface area contributed by atoms with E-state index in [9.17, 15) is 0 Å². The van der Waals surface area contributed by atoms with Crippen molar-refractivity contribution in [2.75, 3.05) is 17.7 Å². The van der Waals surface area contributed by atoms with E-state index in [2.05, 4.69) is 20.6 Å². The number of nitrogens with zero attached hydrogens (tertiary/aromatic N) is 2. The highest BCUT2D eigenvalue weighted by molar-refractivity contribution is 6.39. The SMILES string of the molecule is COc1ccc(Nc2cc(Nc3c(Cl)cccc3Cl)nc(C)n2)cc1. The molecule has 0 bridgehead atoms. The van der Waals surface area contributed by atoms with Gasteiger partial charge in [0.15, 0.2) is 0 Å². The summed E-state index contributed by atoms with van der Waals surface area (Å²) in [6.07, 6.45) is 0. The summed E-state index contributed by atoms with van der Waals surface area (Å²) in [5, 5.41) is 7.43. The second-order valence-corrected chi connectivity index (χ2v) is 6.08. The Kier molecular flexibility index (Phi) is 5.26. The quantitative estimate of drug-likeness (QED) is 0.609. The third-order valence-electron chi connectivity index (χ3n) is 3.42. The van der Waals surface area contributed by atoms with Crippen LogP contribution in [0, 0.1) is 6.92 Å². The zero-order valence-electron chi connectivity index (χ0n) is 13.7. The average molecular weight is 375 g/mol. The van der Waals surface area contributed by atoms with Gasteiger partial charge in [-0.15, -0.1) is 0 Å². The largest absolute Gasteiger partial charge is 0.497 e. The standard InChI is InChI=1S/C18H16Cl2N4O/c1-11-21-16(23-12-6-8-13(25-2)9-7-12)10-17(22-11)24-18-14(19)4-3-5-15(18)20/h3-10H,1-2H3,(H2,21,22,23,24). The van der Waals surface area contributed by atoms with Gasteiger partial charge >= 0.3 is 0 Å². The van der Waals surface area contributed by atoms with Gasteiger partial charge in [-0.1, -0.05) is 29.3 Å². The van der Waals surface area contributed by atoms with Crippen LogP contribution in [0.3, 0.4) is 0 Å². The van der Waals surface area contributed by atoms with Gasteiger partial charge in [-0.25, -0.2) is 9.97 Å². The molecule has 3 aromatic rings. The Morgan fingerprint density at radius 2 is 1.48 bits per heavy atom. The van der Waals surface area contributed by atoms with Gasteiger partial charge in [-0.3, -0.25) is 0 Å². The van der Waals surface area contributed by atoms with Crippen LogP contribution in [0.2, 0.25) is 10.0 Å². The summed E-state index contributed by atoms with van der Waals surface area (Å²) in [5.41, 5.74) is 1.50. The number of rotatable bonds is 5. The first-order chi connectivity index (χ1) is 12.0. The number of nitrogens with one attached hydrogen (secondary N) is 2. The first kappa shape index (κ1) is 17.3. The number of benzene rings is 2. The van der Waals surface area contributed by atoms with Crippen LogP contribution in [-0.4, -0.2) is 17.1 Å². The zero-order chi connectivity index (χ0) is 17.8. The normalized spacial score (nSPS) is 10.4. The highest BCUT2D eigenvalue weighted by atomic mass is 35.5. The summed E-state index contributed by atoms with van der Waals surface area (Å²) >= 11 is 12.4. The van der Waals surface area contributed by atoms with E-state index in [4.69, 9.17) is 27.9 Å². The van der Waals surface area contributed by atoms with Crippen LogP contribution in [0.25, 0.3) is 0 Å². The number of para-hydroxylation sites is 1. The maximum atomic E-state index is 6.20. The lowest BCUT2D eigenvalue weighted by Crippen LogP contribution is -2.02. The predicted octanol–water partition coefficient (Wildman–Crippen LogP) is 5.59. The molecule has 0 saturated carbocycles. The van der Waals surface area contributed by atoms with E-state index in [0.717, 1.165) is 11.4 Å². The molecule has 0 spiro atoms. The van der Waals surface area contributed by atoms with Crippen molar-refractivity contribution in [3.63, 3.8) is 0 Å². The van der Waals surface area contributed by atoms with Gasteiger partial charge in [0.1, 0.15) is 23.2 Å². The van der Waals surface area contributed by atoms with Crippen LogP contribution in [0.4, 0.5) is 23.0 Å². The molecule has 2 aromatic carbocycles. The van der Waals surface area contributed by atoms with E-state index in [1.165, 1.54) is 0 Å². The Balaban J connectivity index is 1.85. The van der Waals surface area contributed by atoms with E-state index in [0.29, 0.717) is 33.2 Å². The van der Waals surface area contributed by atoms with Gasteiger partial charge in [-0.05, 0) is 43.3 Å². The van der Waals surface area contributed by atoms with Gasteiger partial charge in [0.2, 0.25) is 0 Å². The number of ether oxygens (including phenoxy) is 1. The minimum atomic E-state index is 0.522. The van der Waals surface area contributed by atoms with E-state index in [1.807, 2.05) is 31.2 Å². The molecule has 0 aliphatic rings. The van der Waals surface area contributed by atoms with Crippen molar-refractivity contribution in [3.8, 4) is 5.75 Å². The van der Waals surface area contributed by atoms with Crippen molar-refractivity contribution in [3.05, 3.63) is 64.4 Å². The Morgan fingerprint density at radius 3 is 2.08 bits per heavy atom. The van der Waals surface area contributed by atoms with Gasteiger partial charge in [0, 0.05) is 11.8 Å². The van der Waals surface area contributed by atoms with Crippen LogP contribution < -0.4 is 15.4 Å². The highest BCUT2D eigenvalue weighted by Gasteiger charge is 2.08. The van der Waals surface area contributed by atoms with Crippen molar-refractivity contribution in [2.45, 2.75) is 6.92 Å². The lowest BCUT2D eigenvalue weighted by molar-refractivity contribution is 0.415. The van der Waals surface area contributed by atoms with Crippen molar-refractivity contribution >= 4 is 46.2 Å². The number of aryl methyl sites for hydroxylation is 1. The molecule has 1 heterocycles. The Morgan fingerprint density at radius 1 is 0.880 bits per heavy atom. The number of halogens is 2. The van der Waals surface area contributed by atoms with Crippen molar-refractivity contribution < 1.29 is 4.74 Å². The highest BCUT2D eigenvalue weighted by Crippen LogP contribution is 2.32. The number of methoxy groups -OCH3 is 1. The molecule has 2 N–H and O–H groups in total. The second kappa shape index (κ2) is 7.59. The molecule has 7 heteroatoms. The van der Waals surface area contributed by atoms with E-state index >= 15 is 0 Å². The minimum Gasteiger partial charge on any atom is -0.497 e. The number of hydrogen-bond acceptors (Lipinski definition) is 5. The summed E-state index contributed by atoms with van der Waals surface area (Å²) in [6.45, 7) is 1.82. The molecule has 0 aliphatic carbocycles. The van der Waals surface area contributed by atoms with Crippen LogP contribution >= 0.6 is 23.2 Å². The lowest BCUT2D eigenvalue weighted by atomic mass is 10.3. The fraction of sp³-hybridized carbons (Fsp3) is 0.111. The molecule has 0 amide bonds. The Labute approximate surface area is 156 Å². The van der Waals surface area contributed by atoms with Crippen molar-refractivity contribution in [1.29, 1.82) is 0 Å². The van der Waals surface area contributed by atoms with Crippen LogP contribution in [0.5, 0.6) is 5.75 Å². The first-order valence-electron chi connectivity index (χ1n) is 7.53. The summed E-state index contributed by atoms with van der Waals surface area (Å²) < 4.78 is 5.16. The molecule has 5 nitrogen and oxygen atoms in total. The molecule has 0 aliphatic heterocycles. The maximum absolute atomic E-state index is 6.20. The van der Waals surface area contributed by atoms with Gasteiger partial charge in [-0.2, -0.15) is 0 Å². The zero-order valence-corrected chi connectivity index (χ0v) is 15.2. The molecule has 1 aromatic heterocycles. The lowest BCUT2D eigenvalue weighted by Gasteiger charge is -2.12. The fourth-order valence-electron chi connectivity index (χ4n) is 2.26. The smallest absolute Gasteiger partial charge is 0.136 e. The average Bonchev–Trinajstić information content (AvgIpc) is 2.58. The maximum Gasteiger partial charge on any atom is 0.136 e. The van der Waals surface area contributed by atoms with Crippen molar-refractivity contribution in [2.24, 2.45) is 0 Å². The monoisotopic (exact) mass is 374 g/mol. The van der Waals surface area contributed by atoms with Crippen molar-refractivity contribution in [1.82, 2.24) is 9.97 Å². The molecule has 0 atom stereocenters. The predicted molar refractivity (Wildman–Crippen MR) is 103 cm³/mol. The molecule has 0 unspecified atom stereocenters. The van der Waals surface area contributed by atoms with Gasteiger partial charge in [0.25, 0.3) is 0 Å². The molecule has 128 valence electrons. The molecular weight excluding hydrogens is 359 g/mol. The first-order valence-corrected chi connectivity index (χ1v) is 8.28. The third kappa shape index (κ3) is 4.32. The summed E-state index contributed by atoms with van der Waals surface area (Å²) in [7, 11) is 1.63. The van der Waals surface area contributed by atoms with Crippen LogP contribution in [-0.2, 0) is 0 Å². The summed E-state index contributed by atoms with van der Waals surface area (Å²) in [6, 6.07) is 14.7. The van der Waals surface area contributed by atoms with E-state index in [-0.39, 0.29) is 0 Å². The van der Waals surface area contributed by atoms with E-state index < -0.39 is 0 Å². The van der Waals surface area contributed by atoms with Crippen LogP contribution in [0.1, 0.15) is 5.82 Å². The number of anilines is 4. The molecule has 0 fully saturated rings. The molecule has 25 heavy (non-hydrogen) atoms.